The van der Waals surface area contributed by atoms with Gasteiger partial charge < -0.3 is 10.2 Å². The first-order chi connectivity index (χ1) is 15.3. The Morgan fingerprint density at radius 3 is 2.81 bits per heavy atom. The van der Waals surface area contributed by atoms with E-state index < -0.39 is 0 Å². The van der Waals surface area contributed by atoms with Gasteiger partial charge in [-0.15, -0.1) is 11.3 Å². The van der Waals surface area contributed by atoms with Gasteiger partial charge in [0.2, 0.25) is 0 Å². The van der Waals surface area contributed by atoms with Gasteiger partial charge in [0.15, 0.2) is 5.69 Å². The quantitative estimate of drug-likeness (QED) is 0.646. The number of nitrogens with one attached hydrogen (secondary N) is 1. The second-order valence-corrected chi connectivity index (χ2v) is 11.0. The van der Waals surface area contributed by atoms with E-state index in [-0.39, 0.29) is 11.9 Å². The highest BCUT2D eigenvalue weighted by molar-refractivity contribution is 7.99. The molecule has 7 rings (SSSR count). The molecule has 2 atom stereocenters. The van der Waals surface area contributed by atoms with Crippen molar-refractivity contribution in [2.45, 2.75) is 37.8 Å². The van der Waals surface area contributed by atoms with Gasteiger partial charge in [0.1, 0.15) is 5.01 Å². The molecule has 1 unspecified atom stereocenters. The van der Waals surface area contributed by atoms with Gasteiger partial charge in [-0.1, -0.05) is 6.07 Å². The fourth-order valence-corrected chi connectivity index (χ4v) is 7.12. The summed E-state index contributed by atoms with van der Waals surface area (Å²) in [6, 6.07) is 6.90. The smallest absolute Gasteiger partial charge is 0.272 e. The third-order valence-corrected chi connectivity index (χ3v) is 9.08. The van der Waals surface area contributed by atoms with Crippen molar-refractivity contribution < 1.29 is 4.79 Å². The predicted molar refractivity (Wildman–Crippen MR) is 127 cm³/mol. The van der Waals surface area contributed by atoms with Crippen LogP contribution in [0.2, 0.25) is 0 Å². The van der Waals surface area contributed by atoms with E-state index in [0.717, 1.165) is 40.2 Å². The highest BCUT2D eigenvalue weighted by Crippen LogP contribution is 2.34. The number of thioether (sulfide) groups is 1. The van der Waals surface area contributed by atoms with Crippen molar-refractivity contribution in [2.24, 2.45) is 5.92 Å². The summed E-state index contributed by atoms with van der Waals surface area (Å²) >= 11 is 3.63. The second kappa shape index (κ2) is 8.22. The number of hydrogen-bond acceptors (Lipinski definition) is 6. The summed E-state index contributed by atoms with van der Waals surface area (Å²) in [5, 5.41) is 12.2. The number of amides is 1. The summed E-state index contributed by atoms with van der Waals surface area (Å²) < 4.78 is 2.13. The van der Waals surface area contributed by atoms with Crippen molar-refractivity contribution in [1.29, 1.82) is 0 Å². The second-order valence-electron chi connectivity index (χ2n) is 8.95. The minimum atomic E-state index is -0.0204. The summed E-state index contributed by atoms with van der Waals surface area (Å²) in [6.07, 6.45) is 6.54. The normalized spacial score (nSPS) is 28.1. The minimum Gasteiger partial charge on any atom is -0.346 e. The molecule has 162 valence electrons. The lowest BCUT2D eigenvalue weighted by Gasteiger charge is -2.44. The third-order valence-electron chi connectivity index (χ3n) is 7.06. The first-order valence-corrected chi connectivity index (χ1v) is 13.3. The van der Waals surface area contributed by atoms with E-state index in [2.05, 4.69) is 38.1 Å². The van der Waals surface area contributed by atoms with Crippen LogP contribution in [0.15, 0.2) is 29.8 Å². The van der Waals surface area contributed by atoms with Gasteiger partial charge in [-0.05, 0) is 62.6 Å². The molecule has 6 nitrogen and oxygen atoms in total. The van der Waals surface area contributed by atoms with E-state index in [9.17, 15) is 4.79 Å². The molecule has 4 aliphatic rings. The monoisotopic (exact) mass is 453 g/mol. The van der Waals surface area contributed by atoms with E-state index in [1.807, 2.05) is 23.3 Å². The van der Waals surface area contributed by atoms with Gasteiger partial charge in [-0.25, -0.2) is 4.98 Å². The highest BCUT2D eigenvalue weighted by atomic mass is 32.2. The number of benzene rings is 1. The Hall–Kier alpha value is -1.90. The highest BCUT2D eigenvalue weighted by Gasteiger charge is 2.35. The summed E-state index contributed by atoms with van der Waals surface area (Å²) in [6.45, 7) is 3.32. The van der Waals surface area contributed by atoms with E-state index in [4.69, 9.17) is 5.10 Å². The van der Waals surface area contributed by atoms with Gasteiger partial charge in [0.05, 0.1) is 11.6 Å². The third kappa shape index (κ3) is 3.68. The lowest BCUT2D eigenvalue weighted by molar-refractivity contribution is 0.0618. The summed E-state index contributed by atoms with van der Waals surface area (Å²) in [5.74, 6) is 2.85. The Labute approximate surface area is 190 Å². The maximum atomic E-state index is 13.4. The Bertz CT molecular complexity index is 1080. The first-order valence-electron chi connectivity index (χ1n) is 11.3. The molecule has 2 bridgehead atoms. The molecule has 4 fully saturated rings. The zero-order chi connectivity index (χ0) is 20.8. The van der Waals surface area contributed by atoms with Crippen LogP contribution in [0.3, 0.4) is 0 Å². The maximum Gasteiger partial charge on any atom is 0.272 e. The van der Waals surface area contributed by atoms with Crippen molar-refractivity contribution in [3.8, 4) is 10.6 Å². The molecule has 3 aromatic rings. The molecule has 2 aromatic heterocycles. The zero-order valence-electron chi connectivity index (χ0n) is 17.5. The van der Waals surface area contributed by atoms with Gasteiger partial charge in [-0.3, -0.25) is 9.48 Å². The lowest BCUT2D eigenvalue weighted by atomic mass is 9.84. The molecule has 4 aliphatic heterocycles. The van der Waals surface area contributed by atoms with Crippen molar-refractivity contribution in [1.82, 2.24) is 25.0 Å². The Morgan fingerprint density at radius 1 is 1.19 bits per heavy atom. The van der Waals surface area contributed by atoms with E-state index >= 15 is 0 Å². The maximum absolute atomic E-state index is 13.4. The molecular weight excluding hydrogens is 426 g/mol. The molecule has 1 aromatic carbocycles. The van der Waals surface area contributed by atoms with Gasteiger partial charge in [-0.2, -0.15) is 16.9 Å². The van der Waals surface area contributed by atoms with Crippen LogP contribution < -0.4 is 5.32 Å². The van der Waals surface area contributed by atoms with Crippen LogP contribution in [0.25, 0.3) is 21.5 Å². The van der Waals surface area contributed by atoms with Crippen molar-refractivity contribution in [3.05, 3.63) is 35.5 Å². The molecule has 6 heterocycles. The SMILES string of the molecule is O=C(N[C@@H]1CN2CCC1CC2)c1nn(C2CCCSC2)c2cc(-c3nccs3)ccc12. The van der Waals surface area contributed by atoms with Gasteiger partial charge in [0, 0.05) is 40.9 Å². The van der Waals surface area contributed by atoms with Gasteiger partial charge >= 0.3 is 0 Å². The zero-order valence-corrected chi connectivity index (χ0v) is 19.1. The number of carbonyl (C=O) groups is 1. The molecule has 1 N–H and O–H groups in total. The molecule has 4 saturated heterocycles. The summed E-state index contributed by atoms with van der Waals surface area (Å²) in [7, 11) is 0. The number of piperidine rings is 3. The molecular formula is C23H27N5OS2. The molecule has 1 amide bonds. The van der Waals surface area contributed by atoms with Gasteiger partial charge in [0.25, 0.3) is 5.91 Å². The molecule has 8 heteroatoms. The Morgan fingerprint density at radius 2 is 2.10 bits per heavy atom. The fourth-order valence-electron chi connectivity index (χ4n) is 5.36. The molecule has 0 aliphatic carbocycles. The van der Waals surface area contributed by atoms with E-state index in [0.29, 0.717) is 17.7 Å². The molecule has 31 heavy (non-hydrogen) atoms. The van der Waals surface area contributed by atoms with Crippen molar-refractivity contribution >= 4 is 39.9 Å². The van der Waals surface area contributed by atoms with Crippen LogP contribution >= 0.6 is 23.1 Å². The number of thiazole rings is 1. The number of rotatable bonds is 4. The molecule has 0 spiro atoms. The lowest BCUT2D eigenvalue weighted by Crippen LogP contribution is -2.57. The van der Waals surface area contributed by atoms with Crippen molar-refractivity contribution in [3.63, 3.8) is 0 Å². The Kier molecular flexibility index (Phi) is 5.24. The van der Waals surface area contributed by atoms with E-state index in [1.165, 1.54) is 38.1 Å². The van der Waals surface area contributed by atoms with Crippen LogP contribution in [0.4, 0.5) is 0 Å². The van der Waals surface area contributed by atoms with Crippen LogP contribution in [0, 0.1) is 5.92 Å². The van der Waals surface area contributed by atoms with Crippen LogP contribution in [-0.4, -0.2) is 62.8 Å². The average Bonchev–Trinajstić information content (AvgIpc) is 3.49. The number of nitrogens with zero attached hydrogens (tertiary/aromatic N) is 4. The van der Waals surface area contributed by atoms with Crippen LogP contribution in [0.1, 0.15) is 42.2 Å². The van der Waals surface area contributed by atoms with Crippen molar-refractivity contribution in [2.75, 3.05) is 31.1 Å². The Balaban J connectivity index is 1.37. The predicted octanol–water partition coefficient (Wildman–Crippen LogP) is 4.05. The summed E-state index contributed by atoms with van der Waals surface area (Å²) in [5.41, 5.74) is 2.73. The van der Waals surface area contributed by atoms with E-state index in [1.54, 1.807) is 11.3 Å². The minimum absolute atomic E-state index is 0.0204. The van der Waals surface area contributed by atoms with Crippen LogP contribution in [0.5, 0.6) is 0 Å². The largest absolute Gasteiger partial charge is 0.346 e. The standard InChI is InChI=1S/C23H27N5OS2/c29-22(25-19-13-27-8-5-15(19)6-9-27)21-18-4-3-16(23-24-7-11-31-23)12-20(18)28(26-21)17-2-1-10-30-14-17/h3-4,7,11-12,15,17,19H,1-2,5-6,8-10,13-14H2,(H,25,29)/t17?,19-/m1/s1. The first kappa shape index (κ1) is 19.8. The average molecular weight is 454 g/mol. The summed E-state index contributed by atoms with van der Waals surface area (Å²) in [4.78, 5) is 20.3. The number of fused-ring (bicyclic) bond motifs is 4. The topological polar surface area (TPSA) is 63.1 Å². The molecule has 0 radical (unpaired) electrons. The number of carbonyl (C=O) groups excluding carboxylic acids is 1. The number of hydrogen-bond donors (Lipinski definition) is 1. The molecule has 0 saturated carbocycles. The fraction of sp³-hybridized carbons (Fsp3) is 0.522. The van der Waals surface area contributed by atoms with Crippen LogP contribution in [-0.2, 0) is 0 Å². The number of aromatic nitrogens is 3.